The van der Waals surface area contributed by atoms with Crippen molar-refractivity contribution in [2.45, 2.75) is 0 Å². The molecule has 8 heteroatoms. The Hall–Kier alpha value is -3.68. The first-order valence-electron chi connectivity index (χ1n) is 10.3. The second-order valence-corrected chi connectivity index (χ2v) is 9.08. The Morgan fingerprint density at radius 2 is 1.62 bits per heavy atom. The molecule has 168 valence electrons. The zero-order chi connectivity index (χ0) is 23.8. The summed E-state index contributed by atoms with van der Waals surface area (Å²) in [5.74, 6) is -1.75. The molecule has 0 aromatic heterocycles. The first kappa shape index (κ1) is 22.1. The highest BCUT2D eigenvalue weighted by atomic mass is 35.5. The lowest BCUT2D eigenvalue weighted by molar-refractivity contribution is -0.127. The Morgan fingerprint density at radius 3 is 2.26 bits per heavy atom. The number of nitrogens with zero attached hydrogens (tertiary/aromatic N) is 1. The van der Waals surface area contributed by atoms with Gasteiger partial charge in [0.1, 0.15) is 12.4 Å². The predicted molar refractivity (Wildman–Crippen MR) is 134 cm³/mol. The normalized spacial score (nSPS) is 15.0. The third kappa shape index (κ3) is 4.16. The van der Waals surface area contributed by atoms with Gasteiger partial charge in [-0.05, 0) is 69.2 Å². The molecule has 0 aliphatic carbocycles. The molecule has 4 aromatic rings. The molecule has 1 heterocycles. The highest BCUT2D eigenvalue weighted by Gasteiger charge is 2.36. The number of rotatable bonds is 4. The van der Waals surface area contributed by atoms with E-state index in [0.29, 0.717) is 0 Å². The van der Waals surface area contributed by atoms with E-state index in [1.807, 2.05) is 48.5 Å². The smallest absolute Gasteiger partial charge is 0.294 e. The van der Waals surface area contributed by atoms with Gasteiger partial charge in [-0.15, -0.1) is 0 Å². The number of carbonyl (C=O) groups is 3. The van der Waals surface area contributed by atoms with Crippen LogP contribution in [-0.2, 0) is 9.59 Å². The van der Waals surface area contributed by atoms with Gasteiger partial charge in [0.15, 0.2) is 0 Å². The summed E-state index contributed by atoms with van der Waals surface area (Å²) in [6.45, 7) is -0.465. The summed E-state index contributed by atoms with van der Waals surface area (Å²) >= 11 is 6.53. The molecule has 1 aliphatic rings. The summed E-state index contributed by atoms with van der Waals surface area (Å²) in [4.78, 5) is 39.2. The lowest BCUT2D eigenvalue weighted by Gasteiger charge is -2.13. The number of fused-ring (bicyclic) bond motifs is 2. The molecular formula is C26H16ClFN2O3S. The predicted octanol–water partition coefficient (Wildman–Crippen LogP) is 6.46. The molecule has 34 heavy (non-hydrogen) atoms. The van der Waals surface area contributed by atoms with Crippen molar-refractivity contribution >= 4 is 73.7 Å². The third-order valence-electron chi connectivity index (χ3n) is 5.47. The van der Waals surface area contributed by atoms with Gasteiger partial charge in [-0.3, -0.25) is 19.3 Å². The fraction of sp³-hybridized carbons (Fsp3) is 0.0385. The number of carbonyl (C=O) groups excluding carboxylic acids is 3. The standard InChI is InChI=1S/C26H16ClFN2O3S/c27-21-12-17(9-10-22(21)28)29-24(31)14-30-25(32)23(34-26(30)33)13-20-18-7-3-1-5-15(18)11-16-6-2-4-8-19(16)20/h1-13H,14H2,(H,29,31)/b23-13+. The maximum Gasteiger partial charge on any atom is 0.294 e. The van der Waals surface area contributed by atoms with Gasteiger partial charge in [0.05, 0.1) is 9.93 Å². The molecule has 0 spiro atoms. The molecule has 5 nitrogen and oxygen atoms in total. The number of hydrogen-bond donors (Lipinski definition) is 1. The van der Waals surface area contributed by atoms with Crippen molar-refractivity contribution in [1.29, 1.82) is 0 Å². The Labute approximate surface area is 203 Å². The number of thioether (sulfide) groups is 1. The van der Waals surface area contributed by atoms with Crippen molar-refractivity contribution in [2.75, 3.05) is 11.9 Å². The molecule has 0 bridgehead atoms. The molecule has 3 amide bonds. The molecule has 0 radical (unpaired) electrons. The molecule has 0 atom stereocenters. The third-order valence-corrected chi connectivity index (χ3v) is 6.66. The SMILES string of the molecule is O=C(CN1C(=O)S/C(=C/c2c3ccccc3cc3ccccc23)C1=O)Nc1ccc(F)c(Cl)c1. The number of halogens is 2. The van der Waals surface area contributed by atoms with Crippen molar-refractivity contribution < 1.29 is 18.8 Å². The minimum Gasteiger partial charge on any atom is -0.324 e. The van der Waals surface area contributed by atoms with E-state index in [2.05, 4.69) is 11.4 Å². The summed E-state index contributed by atoms with van der Waals surface area (Å²) in [6, 6.07) is 21.5. The first-order chi connectivity index (χ1) is 16.4. The molecular weight excluding hydrogens is 475 g/mol. The van der Waals surface area contributed by atoms with Gasteiger partial charge in [-0.25, -0.2) is 4.39 Å². The fourth-order valence-corrected chi connectivity index (χ4v) is 4.89. The van der Waals surface area contributed by atoms with Gasteiger partial charge in [0.2, 0.25) is 5.91 Å². The van der Waals surface area contributed by atoms with Crippen molar-refractivity contribution in [1.82, 2.24) is 4.90 Å². The zero-order valence-corrected chi connectivity index (χ0v) is 19.1. The summed E-state index contributed by atoms with van der Waals surface area (Å²) in [5, 5.41) is 5.80. The molecule has 0 saturated carbocycles. The van der Waals surface area contributed by atoms with Crippen LogP contribution in [0.2, 0.25) is 5.02 Å². The van der Waals surface area contributed by atoms with E-state index in [1.165, 1.54) is 12.1 Å². The minimum atomic E-state index is -0.614. The fourth-order valence-electron chi connectivity index (χ4n) is 3.89. The zero-order valence-electron chi connectivity index (χ0n) is 17.5. The van der Waals surface area contributed by atoms with Crippen LogP contribution in [-0.4, -0.2) is 28.5 Å². The van der Waals surface area contributed by atoms with Gasteiger partial charge in [0.25, 0.3) is 11.1 Å². The molecule has 4 aromatic carbocycles. The van der Waals surface area contributed by atoms with Crippen molar-refractivity contribution in [3.8, 4) is 0 Å². The van der Waals surface area contributed by atoms with Gasteiger partial charge >= 0.3 is 0 Å². The number of anilines is 1. The Kier molecular flexibility index (Phi) is 5.81. The van der Waals surface area contributed by atoms with Crippen LogP contribution in [0.15, 0.2) is 77.7 Å². The van der Waals surface area contributed by atoms with Crippen LogP contribution in [0.1, 0.15) is 5.56 Å². The molecule has 1 aliphatic heterocycles. The largest absolute Gasteiger partial charge is 0.324 e. The molecule has 0 unspecified atom stereocenters. The quantitative estimate of drug-likeness (QED) is 0.263. The van der Waals surface area contributed by atoms with Crippen molar-refractivity contribution in [3.63, 3.8) is 0 Å². The van der Waals surface area contributed by atoms with Crippen molar-refractivity contribution in [3.05, 3.63) is 94.1 Å². The van der Waals surface area contributed by atoms with Gasteiger partial charge in [-0.1, -0.05) is 60.1 Å². The topological polar surface area (TPSA) is 66.5 Å². The summed E-state index contributed by atoms with van der Waals surface area (Å²) in [5.41, 5.74) is 1.10. The molecule has 1 N–H and O–H groups in total. The van der Waals surface area contributed by atoms with E-state index in [-0.39, 0.29) is 15.6 Å². The maximum absolute atomic E-state index is 13.3. The van der Waals surface area contributed by atoms with Crippen molar-refractivity contribution in [2.24, 2.45) is 0 Å². The number of amides is 3. The second-order valence-electron chi connectivity index (χ2n) is 7.68. The van der Waals surface area contributed by atoms with E-state index < -0.39 is 29.4 Å². The second kappa shape index (κ2) is 8.93. The highest BCUT2D eigenvalue weighted by Crippen LogP contribution is 2.36. The average molecular weight is 491 g/mol. The summed E-state index contributed by atoms with van der Waals surface area (Å²) in [6.07, 6.45) is 1.72. The lowest BCUT2D eigenvalue weighted by atomic mass is 9.96. The Bertz CT molecular complexity index is 1480. The Balaban J connectivity index is 1.44. The van der Waals surface area contributed by atoms with Crippen LogP contribution in [0.4, 0.5) is 14.9 Å². The average Bonchev–Trinajstić information content (AvgIpc) is 3.08. The van der Waals surface area contributed by atoms with E-state index >= 15 is 0 Å². The van der Waals surface area contributed by atoms with E-state index in [9.17, 15) is 18.8 Å². The van der Waals surface area contributed by atoms with Crippen LogP contribution in [0.3, 0.4) is 0 Å². The van der Waals surface area contributed by atoms with Gasteiger partial charge in [-0.2, -0.15) is 0 Å². The van der Waals surface area contributed by atoms with Gasteiger partial charge in [0, 0.05) is 5.69 Å². The van der Waals surface area contributed by atoms with Crippen LogP contribution >= 0.6 is 23.4 Å². The van der Waals surface area contributed by atoms with E-state index in [0.717, 1.165) is 49.8 Å². The summed E-state index contributed by atoms with van der Waals surface area (Å²) < 4.78 is 13.3. The Morgan fingerprint density at radius 1 is 0.971 bits per heavy atom. The van der Waals surface area contributed by atoms with Gasteiger partial charge < -0.3 is 5.32 Å². The van der Waals surface area contributed by atoms with E-state index in [1.54, 1.807) is 6.08 Å². The highest BCUT2D eigenvalue weighted by molar-refractivity contribution is 8.18. The van der Waals surface area contributed by atoms with Crippen LogP contribution in [0, 0.1) is 5.82 Å². The van der Waals surface area contributed by atoms with Crippen LogP contribution in [0.25, 0.3) is 27.6 Å². The number of benzene rings is 4. The molecule has 1 fully saturated rings. The monoisotopic (exact) mass is 490 g/mol. The minimum absolute atomic E-state index is 0.144. The number of imide groups is 1. The number of nitrogens with one attached hydrogen (secondary N) is 1. The summed E-state index contributed by atoms with van der Waals surface area (Å²) in [7, 11) is 0. The number of hydrogen-bond acceptors (Lipinski definition) is 4. The molecule has 5 rings (SSSR count). The van der Waals surface area contributed by atoms with Crippen LogP contribution < -0.4 is 5.32 Å². The van der Waals surface area contributed by atoms with Crippen LogP contribution in [0.5, 0.6) is 0 Å². The van der Waals surface area contributed by atoms with E-state index in [4.69, 9.17) is 11.6 Å². The first-order valence-corrected chi connectivity index (χ1v) is 11.5. The molecule has 1 saturated heterocycles. The maximum atomic E-state index is 13.3. The lowest BCUT2D eigenvalue weighted by Crippen LogP contribution is -2.36.